The topological polar surface area (TPSA) is 66.6 Å². The Balaban J connectivity index is 0.00000400. The van der Waals surface area contributed by atoms with Gasteiger partial charge in [-0.15, -0.1) is 12.4 Å². The van der Waals surface area contributed by atoms with E-state index >= 15 is 0 Å². The lowest BCUT2D eigenvalue weighted by molar-refractivity contribution is 0.328. The molecule has 5 nitrogen and oxygen atoms in total. The minimum absolute atomic E-state index is 0. The van der Waals surface area contributed by atoms with Gasteiger partial charge in [0, 0.05) is 26.2 Å². The Kier molecular flexibility index (Phi) is 9.08. The normalized spacial score (nSPS) is 12.0. The molecule has 7 heteroatoms. The molecule has 0 aliphatic heterocycles. The second-order valence-corrected chi connectivity index (χ2v) is 7.07. The molecular weight excluding hydrogens is 310 g/mol. The fraction of sp³-hybridized carbons (Fsp3) is 0.571. The third-order valence-electron chi connectivity index (χ3n) is 3.23. The second kappa shape index (κ2) is 9.38. The first-order chi connectivity index (χ1) is 9.39. The SMILES string of the molecule is CC(C)N(C)S(=O)(=O)N(CCCN)Cc1ccccc1.Cl. The molecule has 0 radical (unpaired) electrons. The van der Waals surface area contributed by atoms with E-state index in [0.717, 1.165) is 5.56 Å². The van der Waals surface area contributed by atoms with Gasteiger partial charge in [0.2, 0.25) is 0 Å². The molecule has 0 bridgehead atoms. The lowest BCUT2D eigenvalue weighted by Gasteiger charge is -2.29. The van der Waals surface area contributed by atoms with E-state index in [-0.39, 0.29) is 18.4 Å². The minimum Gasteiger partial charge on any atom is -0.330 e. The molecule has 0 fully saturated rings. The van der Waals surface area contributed by atoms with Crippen LogP contribution in [0, 0.1) is 0 Å². The quantitative estimate of drug-likeness (QED) is 0.788. The van der Waals surface area contributed by atoms with Gasteiger partial charge >= 0.3 is 0 Å². The smallest absolute Gasteiger partial charge is 0.282 e. The Hall–Kier alpha value is -0.660. The summed E-state index contributed by atoms with van der Waals surface area (Å²) in [5, 5.41) is 0. The summed E-state index contributed by atoms with van der Waals surface area (Å²) in [6, 6.07) is 9.53. The molecule has 0 aromatic heterocycles. The highest BCUT2D eigenvalue weighted by Gasteiger charge is 2.28. The van der Waals surface area contributed by atoms with Crippen molar-refractivity contribution in [1.29, 1.82) is 0 Å². The van der Waals surface area contributed by atoms with Crippen LogP contribution in [0.25, 0.3) is 0 Å². The maximum atomic E-state index is 12.6. The first-order valence-electron chi connectivity index (χ1n) is 6.86. The highest BCUT2D eigenvalue weighted by Crippen LogP contribution is 2.14. The highest BCUT2D eigenvalue weighted by atomic mass is 35.5. The molecule has 0 saturated carbocycles. The van der Waals surface area contributed by atoms with Gasteiger partial charge < -0.3 is 5.73 Å². The van der Waals surface area contributed by atoms with Gasteiger partial charge in [-0.1, -0.05) is 30.3 Å². The van der Waals surface area contributed by atoms with Crippen LogP contribution in [0.2, 0.25) is 0 Å². The zero-order valence-electron chi connectivity index (χ0n) is 12.9. The summed E-state index contributed by atoms with van der Waals surface area (Å²) < 4.78 is 28.1. The van der Waals surface area contributed by atoms with Crippen molar-refractivity contribution in [3.8, 4) is 0 Å². The van der Waals surface area contributed by atoms with Crippen molar-refractivity contribution in [2.24, 2.45) is 5.73 Å². The number of rotatable bonds is 8. The number of nitrogens with zero attached hydrogens (tertiary/aromatic N) is 2. The van der Waals surface area contributed by atoms with Crippen molar-refractivity contribution < 1.29 is 8.42 Å². The Labute approximate surface area is 134 Å². The van der Waals surface area contributed by atoms with Crippen molar-refractivity contribution in [3.05, 3.63) is 35.9 Å². The standard InChI is InChI=1S/C14H25N3O2S.ClH/c1-13(2)16(3)20(18,19)17(11-7-10-15)12-14-8-5-4-6-9-14;/h4-6,8-9,13H,7,10-12,15H2,1-3H3;1H. The van der Waals surface area contributed by atoms with Gasteiger partial charge in [0.05, 0.1) is 0 Å². The first kappa shape index (κ1) is 20.3. The Morgan fingerprint density at radius 2 is 1.76 bits per heavy atom. The molecule has 0 heterocycles. The maximum absolute atomic E-state index is 12.6. The van der Waals surface area contributed by atoms with Crippen LogP contribution in [-0.2, 0) is 16.8 Å². The predicted octanol–water partition coefficient (Wildman–Crippen LogP) is 1.84. The molecule has 0 unspecified atom stereocenters. The molecular formula is C14H26ClN3O2S. The number of hydrogen-bond acceptors (Lipinski definition) is 3. The average Bonchev–Trinajstić information content (AvgIpc) is 2.43. The molecule has 1 aromatic rings. The van der Waals surface area contributed by atoms with Crippen LogP contribution >= 0.6 is 12.4 Å². The Bertz CT molecular complexity index is 494. The van der Waals surface area contributed by atoms with Gasteiger partial charge in [-0.2, -0.15) is 17.0 Å². The van der Waals surface area contributed by atoms with Crippen LogP contribution in [0.3, 0.4) is 0 Å². The van der Waals surface area contributed by atoms with Gasteiger partial charge in [-0.25, -0.2) is 0 Å². The second-order valence-electron chi connectivity index (χ2n) is 5.08. The fourth-order valence-electron chi connectivity index (χ4n) is 1.78. The molecule has 122 valence electrons. The monoisotopic (exact) mass is 335 g/mol. The van der Waals surface area contributed by atoms with E-state index in [0.29, 0.717) is 26.1 Å². The van der Waals surface area contributed by atoms with Crippen LogP contribution in [-0.4, -0.2) is 43.2 Å². The van der Waals surface area contributed by atoms with Crippen LogP contribution in [0.15, 0.2) is 30.3 Å². The Morgan fingerprint density at radius 1 is 1.19 bits per heavy atom. The van der Waals surface area contributed by atoms with Gasteiger partial charge in [0.1, 0.15) is 0 Å². The van der Waals surface area contributed by atoms with Crippen molar-refractivity contribution in [3.63, 3.8) is 0 Å². The van der Waals surface area contributed by atoms with E-state index in [2.05, 4.69) is 0 Å². The van der Waals surface area contributed by atoms with E-state index in [4.69, 9.17) is 5.73 Å². The van der Waals surface area contributed by atoms with Gasteiger partial charge in [-0.3, -0.25) is 0 Å². The predicted molar refractivity (Wildman–Crippen MR) is 89.6 cm³/mol. The molecule has 1 rings (SSSR count). The zero-order chi connectivity index (χ0) is 15.2. The van der Waals surface area contributed by atoms with E-state index < -0.39 is 10.2 Å². The summed E-state index contributed by atoms with van der Waals surface area (Å²) in [6.07, 6.45) is 0.651. The molecule has 0 spiro atoms. The van der Waals surface area contributed by atoms with Crippen molar-refractivity contribution >= 4 is 22.6 Å². The Morgan fingerprint density at radius 3 is 2.24 bits per heavy atom. The van der Waals surface area contributed by atoms with Gasteiger partial charge in [0.25, 0.3) is 10.2 Å². The van der Waals surface area contributed by atoms with Crippen LogP contribution in [0.4, 0.5) is 0 Å². The zero-order valence-corrected chi connectivity index (χ0v) is 14.5. The van der Waals surface area contributed by atoms with Gasteiger partial charge in [0.15, 0.2) is 0 Å². The van der Waals surface area contributed by atoms with E-state index in [1.807, 2.05) is 44.2 Å². The van der Waals surface area contributed by atoms with E-state index in [1.165, 1.54) is 8.61 Å². The molecule has 1 aromatic carbocycles. The lowest BCUT2D eigenvalue weighted by Crippen LogP contribution is -2.45. The molecule has 0 aliphatic rings. The fourth-order valence-corrected chi connectivity index (χ4v) is 3.35. The third-order valence-corrected chi connectivity index (χ3v) is 5.34. The summed E-state index contributed by atoms with van der Waals surface area (Å²) >= 11 is 0. The van der Waals surface area contributed by atoms with Gasteiger partial charge in [-0.05, 0) is 32.4 Å². The van der Waals surface area contributed by atoms with Crippen molar-refractivity contribution in [1.82, 2.24) is 8.61 Å². The number of halogens is 1. The number of nitrogens with two attached hydrogens (primary N) is 1. The van der Waals surface area contributed by atoms with E-state index in [1.54, 1.807) is 7.05 Å². The summed E-state index contributed by atoms with van der Waals surface area (Å²) in [4.78, 5) is 0. The van der Waals surface area contributed by atoms with Crippen LogP contribution in [0.5, 0.6) is 0 Å². The number of benzene rings is 1. The molecule has 2 N–H and O–H groups in total. The van der Waals surface area contributed by atoms with Crippen molar-refractivity contribution in [2.45, 2.75) is 32.9 Å². The lowest BCUT2D eigenvalue weighted by atomic mass is 10.2. The molecule has 0 saturated heterocycles. The maximum Gasteiger partial charge on any atom is 0.282 e. The van der Waals surface area contributed by atoms with Crippen LogP contribution < -0.4 is 5.73 Å². The first-order valence-corrected chi connectivity index (χ1v) is 8.26. The molecule has 0 aliphatic carbocycles. The average molecular weight is 336 g/mol. The summed E-state index contributed by atoms with van der Waals surface area (Å²) in [5.74, 6) is 0. The summed E-state index contributed by atoms with van der Waals surface area (Å²) in [7, 11) is -1.85. The van der Waals surface area contributed by atoms with E-state index in [9.17, 15) is 8.42 Å². The third kappa shape index (κ3) is 5.92. The number of hydrogen-bond donors (Lipinski definition) is 1. The summed E-state index contributed by atoms with van der Waals surface area (Å²) in [5.41, 5.74) is 6.49. The molecule has 0 atom stereocenters. The van der Waals surface area contributed by atoms with Crippen LogP contribution in [0.1, 0.15) is 25.8 Å². The summed E-state index contributed by atoms with van der Waals surface area (Å²) in [6.45, 7) is 5.01. The largest absolute Gasteiger partial charge is 0.330 e. The highest BCUT2D eigenvalue weighted by molar-refractivity contribution is 7.86. The van der Waals surface area contributed by atoms with Crippen molar-refractivity contribution in [2.75, 3.05) is 20.1 Å². The molecule has 21 heavy (non-hydrogen) atoms. The molecule has 0 amide bonds. The minimum atomic E-state index is -3.46.